The van der Waals surface area contributed by atoms with Crippen LogP contribution >= 0.6 is 0 Å². The van der Waals surface area contributed by atoms with E-state index in [9.17, 15) is 19.8 Å². The third-order valence-corrected chi connectivity index (χ3v) is 3.06. The molecule has 0 radical (unpaired) electrons. The van der Waals surface area contributed by atoms with Gasteiger partial charge in [-0.15, -0.1) is 0 Å². The van der Waals surface area contributed by atoms with E-state index in [0.717, 1.165) is 6.07 Å². The fourth-order valence-corrected chi connectivity index (χ4v) is 2.16. The molecule has 0 unspecified atom stereocenters. The van der Waals surface area contributed by atoms with E-state index in [1.54, 1.807) is 45.0 Å². The number of carbonyl (C=O) groups is 2. The summed E-state index contributed by atoms with van der Waals surface area (Å²) in [4.78, 5) is 23.7. The van der Waals surface area contributed by atoms with Crippen LogP contribution in [0.15, 0.2) is 30.3 Å². The Bertz CT molecular complexity index is 761. The highest BCUT2D eigenvalue weighted by Gasteiger charge is 2.20. The maximum absolute atomic E-state index is 12.1. The fraction of sp³-hybridized carbons (Fsp3) is 0.294. The monoisotopic (exact) mass is 317 g/mol. The number of benzene rings is 2. The van der Waals surface area contributed by atoms with Gasteiger partial charge in [0.05, 0.1) is 0 Å². The zero-order valence-electron chi connectivity index (χ0n) is 13.2. The van der Waals surface area contributed by atoms with Gasteiger partial charge in [0.25, 0.3) is 5.91 Å². The van der Waals surface area contributed by atoms with Crippen LogP contribution in [0.25, 0.3) is 10.8 Å². The molecule has 6 nitrogen and oxygen atoms in total. The molecule has 0 heterocycles. The van der Waals surface area contributed by atoms with E-state index in [1.165, 1.54) is 0 Å². The lowest BCUT2D eigenvalue weighted by Gasteiger charge is -2.20. The van der Waals surface area contributed by atoms with E-state index >= 15 is 0 Å². The van der Waals surface area contributed by atoms with Crippen molar-refractivity contribution in [3.05, 3.63) is 35.9 Å². The molecule has 0 bridgehead atoms. The number of aromatic hydroxyl groups is 2. The highest BCUT2D eigenvalue weighted by molar-refractivity contribution is 6.04. The lowest BCUT2D eigenvalue weighted by atomic mass is 10.0. The molecular weight excluding hydrogens is 298 g/mol. The van der Waals surface area contributed by atoms with Crippen molar-refractivity contribution in [1.82, 2.24) is 5.32 Å². The number of esters is 1. The van der Waals surface area contributed by atoms with Gasteiger partial charge in [-0.3, -0.25) is 4.79 Å². The molecule has 0 fully saturated rings. The lowest BCUT2D eigenvalue weighted by Crippen LogP contribution is -2.42. The Labute approximate surface area is 133 Å². The Balaban J connectivity index is 2.19. The van der Waals surface area contributed by atoms with Gasteiger partial charge >= 0.3 is 5.97 Å². The molecule has 1 amide bonds. The number of carbonyl (C=O) groups excluding carboxylic acids is 2. The number of amides is 1. The van der Waals surface area contributed by atoms with Crippen LogP contribution in [0.2, 0.25) is 0 Å². The largest absolute Gasteiger partial charge is 0.507 e. The molecule has 0 aliphatic carbocycles. The number of nitrogens with one attached hydrogen (secondary N) is 1. The molecule has 3 N–H and O–H groups in total. The minimum Gasteiger partial charge on any atom is -0.507 e. The van der Waals surface area contributed by atoms with E-state index in [0.29, 0.717) is 10.8 Å². The van der Waals surface area contributed by atoms with Crippen LogP contribution in [0, 0.1) is 0 Å². The minimum atomic E-state index is -0.882. The first kappa shape index (κ1) is 16.6. The Morgan fingerprint density at radius 1 is 1.13 bits per heavy atom. The second-order valence-electron chi connectivity index (χ2n) is 6.21. The van der Waals surface area contributed by atoms with Gasteiger partial charge in [0, 0.05) is 16.3 Å². The predicted molar refractivity (Wildman–Crippen MR) is 85.5 cm³/mol. The summed E-state index contributed by atoms with van der Waals surface area (Å²) in [7, 11) is 0. The van der Waals surface area contributed by atoms with Crippen LogP contribution in [0.4, 0.5) is 0 Å². The van der Waals surface area contributed by atoms with Gasteiger partial charge in [0.15, 0.2) is 6.61 Å². The van der Waals surface area contributed by atoms with E-state index in [2.05, 4.69) is 5.32 Å². The van der Waals surface area contributed by atoms with Crippen molar-refractivity contribution in [2.45, 2.75) is 26.3 Å². The van der Waals surface area contributed by atoms with E-state index in [-0.39, 0.29) is 17.1 Å². The molecule has 2 aromatic carbocycles. The van der Waals surface area contributed by atoms with Crippen molar-refractivity contribution in [1.29, 1.82) is 0 Å². The van der Waals surface area contributed by atoms with Crippen molar-refractivity contribution in [2.75, 3.05) is 6.61 Å². The summed E-state index contributed by atoms with van der Waals surface area (Å²) in [6, 6.07) is 7.70. The van der Waals surface area contributed by atoms with Crippen molar-refractivity contribution >= 4 is 22.6 Å². The van der Waals surface area contributed by atoms with Crippen molar-refractivity contribution in [3.8, 4) is 11.5 Å². The van der Waals surface area contributed by atoms with E-state index < -0.39 is 24.0 Å². The summed E-state index contributed by atoms with van der Waals surface area (Å²) >= 11 is 0. The highest BCUT2D eigenvalue weighted by Crippen LogP contribution is 2.35. The maximum atomic E-state index is 12.1. The van der Waals surface area contributed by atoms with Crippen LogP contribution in [0.5, 0.6) is 11.5 Å². The number of fused-ring (bicyclic) bond motifs is 1. The van der Waals surface area contributed by atoms with Crippen LogP contribution in [0.1, 0.15) is 31.1 Å². The van der Waals surface area contributed by atoms with E-state index in [4.69, 9.17) is 4.74 Å². The van der Waals surface area contributed by atoms with Crippen LogP contribution in [-0.4, -0.2) is 34.2 Å². The molecule has 0 saturated carbocycles. The molecule has 0 atom stereocenters. The Hall–Kier alpha value is -2.76. The minimum absolute atomic E-state index is 0.149. The quantitative estimate of drug-likeness (QED) is 0.596. The molecule has 2 rings (SSSR count). The molecule has 0 aromatic heterocycles. The highest BCUT2D eigenvalue weighted by atomic mass is 16.5. The number of ether oxygens (including phenoxy) is 1. The summed E-state index contributed by atoms with van der Waals surface area (Å²) in [6.45, 7) is 4.95. The number of rotatable bonds is 3. The van der Waals surface area contributed by atoms with E-state index in [1.807, 2.05) is 0 Å². The molecule has 23 heavy (non-hydrogen) atoms. The van der Waals surface area contributed by atoms with Gasteiger partial charge < -0.3 is 20.3 Å². The summed E-state index contributed by atoms with van der Waals surface area (Å²) in [5, 5.41) is 23.5. The van der Waals surface area contributed by atoms with Gasteiger partial charge in [-0.25, -0.2) is 4.79 Å². The third-order valence-electron chi connectivity index (χ3n) is 3.06. The van der Waals surface area contributed by atoms with Gasteiger partial charge in [0.2, 0.25) is 0 Å². The zero-order valence-corrected chi connectivity index (χ0v) is 13.2. The van der Waals surface area contributed by atoms with Gasteiger partial charge in [-0.05, 0) is 26.8 Å². The molecule has 122 valence electrons. The van der Waals surface area contributed by atoms with Gasteiger partial charge in [-0.1, -0.05) is 24.3 Å². The smallest absolute Gasteiger partial charge is 0.342 e. The van der Waals surface area contributed by atoms with Gasteiger partial charge in [-0.2, -0.15) is 0 Å². The second kappa shape index (κ2) is 6.16. The number of phenolic OH excluding ortho intramolecular Hbond substituents is 2. The van der Waals surface area contributed by atoms with Gasteiger partial charge in [0.1, 0.15) is 17.1 Å². The number of phenols is 2. The average molecular weight is 317 g/mol. The van der Waals surface area contributed by atoms with Crippen LogP contribution in [0.3, 0.4) is 0 Å². The first-order valence-electron chi connectivity index (χ1n) is 7.11. The summed E-state index contributed by atoms with van der Waals surface area (Å²) in [5.74, 6) is -1.77. The zero-order chi connectivity index (χ0) is 17.2. The number of hydrogen-bond donors (Lipinski definition) is 3. The first-order chi connectivity index (χ1) is 10.7. The summed E-state index contributed by atoms with van der Waals surface area (Å²) in [6.07, 6.45) is 0. The molecule has 0 spiro atoms. The normalized spacial score (nSPS) is 11.3. The molecule has 0 saturated heterocycles. The third kappa shape index (κ3) is 3.91. The number of hydrogen-bond acceptors (Lipinski definition) is 5. The molecule has 2 aromatic rings. The average Bonchev–Trinajstić information content (AvgIpc) is 2.47. The molecule has 6 heteroatoms. The van der Waals surface area contributed by atoms with Crippen molar-refractivity contribution < 1.29 is 24.5 Å². The van der Waals surface area contributed by atoms with Crippen LogP contribution < -0.4 is 5.32 Å². The molecule has 0 aliphatic heterocycles. The Kier molecular flexibility index (Phi) is 4.45. The maximum Gasteiger partial charge on any atom is 0.342 e. The standard InChI is InChI=1S/C17H19NO5/c1-17(2,3)18-14(20)9-23-16(22)12-8-13(19)10-6-4-5-7-11(10)15(12)21/h4-8,19,21H,9H2,1-3H3,(H,18,20). The Morgan fingerprint density at radius 3 is 2.35 bits per heavy atom. The Morgan fingerprint density at radius 2 is 1.74 bits per heavy atom. The lowest BCUT2D eigenvalue weighted by molar-refractivity contribution is -0.125. The SMILES string of the molecule is CC(C)(C)NC(=O)COC(=O)c1cc(O)c2ccccc2c1O. The predicted octanol–water partition coefficient (Wildman–Crippen LogP) is 2.32. The second-order valence-corrected chi connectivity index (χ2v) is 6.21. The first-order valence-corrected chi connectivity index (χ1v) is 7.11. The molecule has 0 aliphatic rings. The molecular formula is C17H19NO5. The van der Waals surface area contributed by atoms with Crippen molar-refractivity contribution in [3.63, 3.8) is 0 Å². The van der Waals surface area contributed by atoms with Crippen molar-refractivity contribution in [2.24, 2.45) is 0 Å². The fourth-order valence-electron chi connectivity index (χ4n) is 2.16. The summed E-state index contributed by atoms with van der Waals surface area (Å²) < 4.78 is 4.90. The topological polar surface area (TPSA) is 95.9 Å². The summed E-state index contributed by atoms with van der Waals surface area (Å²) in [5.41, 5.74) is -0.628. The van der Waals surface area contributed by atoms with Crippen LogP contribution in [-0.2, 0) is 9.53 Å².